The zero-order valence-corrected chi connectivity index (χ0v) is 20.5. The fourth-order valence-corrected chi connectivity index (χ4v) is 4.83. The molecule has 0 radical (unpaired) electrons. The first-order chi connectivity index (χ1) is 18.4. The van der Waals surface area contributed by atoms with Crippen LogP contribution in [0.25, 0.3) is 0 Å². The van der Waals surface area contributed by atoms with Crippen LogP contribution in [-0.4, -0.2) is 104 Å². The van der Waals surface area contributed by atoms with E-state index in [4.69, 9.17) is 49.1 Å². The summed E-state index contributed by atoms with van der Waals surface area (Å²) in [5.41, 5.74) is 6.62. The second-order valence-electron chi connectivity index (χ2n) is 9.04. The molecule has 4 aliphatic rings. The largest absolute Gasteiger partial charge is 0.509 e. The Morgan fingerprint density at radius 1 is 0.868 bits per heavy atom. The first-order valence-electron chi connectivity index (χ1n) is 12.3. The molecule has 14 heteroatoms. The van der Waals surface area contributed by atoms with Gasteiger partial charge in [-0.15, -0.1) is 0 Å². The number of aliphatic hydroxyl groups excluding tert-OH is 2. The monoisotopic (exact) mass is 540 g/mol. The Morgan fingerprint density at radius 2 is 1.42 bits per heavy atom. The van der Waals surface area contributed by atoms with E-state index in [0.29, 0.717) is 12.8 Å². The summed E-state index contributed by atoms with van der Waals surface area (Å²) in [7, 11) is 0. The predicted molar refractivity (Wildman–Crippen MR) is 125 cm³/mol. The van der Waals surface area contributed by atoms with Gasteiger partial charge in [0.1, 0.15) is 18.8 Å². The minimum Gasteiger partial charge on any atom is -0.445 e. The molecule has 2 saturated heterocycles. The van der Waals surface area contributed by atoms with Crippen molar-refractivity contribution in [2.45, 2.75) is 68.2 Å². The SMILES string of the molecule is N[C@@H]1C[C@H](OCCO)[C@H]2OC(=O)O[C@H]21.O=C(N[C@@H]1C[C@H](OCCO)[C@H]2OC(=O)O[C@H]21)OCc1ccccc1. The molecule has 4 fully saturated rings. The molecule has 14 nitrogen and oxygen atoms in total. The third-order valence-corrected chi connectivity index (χ3v) is 6.48. The number of nitrogens with two attached hydrogens (primary N) is 1. The number of nitrogens with one attached hydrogen (secondary N) is 1. The van der Waals surface area contributed by atoms with E-state index >= 15 is 0 Å². The summed E-state index contributed by atoms with van der Waals surface area (Å²) < 4.78 is 35.9. The summed E-state index contributed by atoms with van der Waals surface area (Å²) >= 11 is 0. The number of rotatable bonds is 9. The van der Waals surface area contributed by atoms with Crippen LogP contribution >= 0.6 is 0 Å². The van der Waals surface area contributed by atoms with Gasteiger partial charge in [-0.3, -0.25) is 0 Å². The van der Waals surface area contributed by atoms with Crippen LogP contribution in [0.2, 0.25) is 0 Å². The zero-order chi connectivity index (χ0) is 27.1. The first-order valence-corrected chi connectivity index (χ1v) is 12.3. The maximum Gasteiger partial charge on any atom is 0.509 e. The van der Waals surface area contributed by atoms with Gasteiger partial charge in [-0.2, -0.15) is 0 Å². The van der Waals surface area contributed by atoms with Gasteiger partial charge >= 0.3 is 18.4 Å². The molecule has 0 bridgehead atoms. The fraction of sp³-hybridized carbons (Fsp3) is 0.625. The van der Waals surface area contributed by atoms with Crippen LogP contribution in [0.3, 0.4) is 0 Å². The molecule has 5 rings (SSSR count). The van der Waals surface area contributed by atoms with Crippen molar-refractivity contribution in [3.8, 4) is 0 Å². The lowest BCUT2D eigenvalue weighted by molar-refractivity contribution is -0.0273. The molecule has 1 aromatic rings. The molecule has 5 N–H and O–H groups in total. The van der Waals surface area contributed by atoms with Crippen molar-refractivity contribution in [2.75, 3.05) is 26.4 Å². The van der Waals surface area contributed by atoms with Gasteiger partial charge in [0.15, 0.2) is 24.4 Å². The smallest absolute Gasteiger partial charge is 0.445 e. The molecule has 2 aliphatic heterocycles. The maximum absolute atomic E-state index is 12.0. The zero-order valence-electron chi connectivity index (χ0n) is 20.5. The highest BCUT2D eigenvalue weighted by molar-refractivity contribution is 5.68. The van der Waals surface area contributed by atoms with Gasteiger partial charge in [-0.1, -0.05) is 30.3 Å². The molecule has 210 valence electrons. The van der Waals surface area contributed by atoms with Crippen LogP contribution in [-0.2, 0) is 39.8 Å². The third-order valence-electron chi connectivity index (χ3n) is 6.48. The van der Waals surface area contributed by atoms with Crippen LogP contribution in [0, 0.1) is 0 Å². The summed E-state index contributed by atoms with van der Waals surface area (Å²) in [6, 6.07) is 8.59. The Hall–Kier alpha value is -3.17. The van der Waals surface area contributed by atoms with E-state index in [1.807, 2.05) is 30.3 Å². The maximum atomic E-state index is 12.0. The van der Waals surface area contributed by atoms with Crippen molar-refractivity contribution in [3.63, 3.8) is 0 Å². The first kappa shape index (κ1) is 27.9. The molecular weight excluding hydrogens is 508 g/mol. The molecule has 0 aromatic heterocycles. The van der Waals surface area contributed by atoms with E-state index in [9.17, 15) is 14.4 Å². The molecule has 0 spiro atoms. The Morgan fingerprint density at radius 3 is 2.05 bits per heavy atom. The number of ether oxygens (including phenoxy) is 7. The normalized spacial score (nSPS) is 32.6. The minimum absolute atomic E-state index is 0.0576. The van der Waals surface area contributed by atoms with Gasteiger partial charge in [0, 0.05) is 12.5 Å². The van der Waals surface area contributed by atoms with E-state index in [2.05, 4.69) is 5.32 Å². The van der Waals surface area contributed by atoms with Crippen LogP contribution in [0.4, 0.5) is 14.4 Å². The Balaban J connectivity index is 0.000000204. The molecular formula is C24H32N2O12. The number of benzene rings is 1. The van der Waals surface area contributed by atoms with Crippen LogP contribution < -0.4 is 11.1 Å². The van der Waals surface area contributed by atoms with Crippen molar-refractivity contribution in [1.82, 2.24) is 5.32 Å². The quantitative estimate of drug-likeness (QED) is 0.241. The highest BCUT2D eigenvalue weighted by Gasteiger charge is 2.54. The molecule has 38 heavy (non-hydrogen) atoms. The molecule has 2 aliphatic carbocycles. The van der Waals surface area contributed by atoms with E-state index in [0.717, 1.165) is 5.56 Å². The lowest BCUT2D eigenvalue weighted by Gasteiger charge is -2.16. The van der Waals surface area contributed by atoms with Crippen LogP contribution in [0.15, 0.2) is 30.3 Å². The van der Waals surface area contributed by atoms with Gasteiger partial charge in [0.25, 0.3) is 0 Å². The van der Waals surface area contributed by atoms with Crippen molar-refractivity contribution in [3.05, 3.63) is 35.9 Å². The van der Waals surface area contributed by atoms with E-state index in [1.165, 1.54) is 0 Å². The molecule has 1 amide bonds. The number of fused-ring (bicyclic) bond motifs is 2. The summed E-state index contributed by atoms with van der Waals surface area (Å²) in [4.78, 5) is 34.1. The molecule has 8 atom stereocenters. The predicted octanol–water partition coefficient (Wildman–Crippen LogP) is -0.0345. The minimum atomic E-state index is -0.785. The standard InChI is InChI=1S/C16H19NO7.C8H13NO5/c18-6-7-21-12-8-11(13-14(12)24-16(20)23-13)17-15(19)22-9-10-4-2-1-3-5-10;9-4-3-5(12-2-1-10)7-6(4)13-8(11)14-7/h1-5,11-14,18H,6-9H2,(H,17,19);4-7,10H,1-3,9H2/t11-,12+,13+,14-;4-,5+,6+,7-/m11/s1. The van der Waals surface area contributed by atoms with Gasteiger partial charge < -0.3 is 54.4 Å². The van der Waals surface area contributed by atoms with Crippen molar-refractivity contribution >= 4 is 18.4 Å². The summed E-state index contributed by atoms with van der Waals surface area (Å²) in [6.45, 7) is 0.292. The van der Waals surface area contributed by atoms with Gasteiger partial charge in [-0.25, -0.2) is 14.4 Å². The lowest BCUT2D eigenvalue weighted by atomic mass is 10.2. The Labute approximate surface area is 218 Å². The number of hydrogen-bond donors (Lipinski definition) is 4. The molecule has 2 heterocycles. The van der Waals surface area contributed by atoms with E-state index < -0.39 is 55.0 Å². The number of carbonyl (C=O) groups excluding carboxylic acids is 3. The Kier molecular flexibility index (Phi) is 9.58. The highest BCUT2D eigenvalue weighted by atomic mass is 16.8. The molecule has 1 aromatic carbocycles. The second-order valence-corrected chi connectivity index (χ2v) is 9.04. The number of amides is 1. The topological polar surface area (TPSA) is 194 Å². The lowest BCUT2D eigenvalue weighted by Crippen LogP contribution is -2.42. The number of hydrogen-bond acceptors (Lipinski definition) is 13. The molecule has 2 saturated carbocycles. The fourth-order valence-electron chi connectivity index (χ4n) is 4.83. The number of aliphatic hydroxyl groups is 2. The number of alkyl carbamates (subject to hydrolysis) is 1. The van der Waals surface area contributed by atoms with Crippen LogP contribution in [0.5, 0.6) is 0 Å². The number of carbonyl (C=O) groups is 3. The van der Waals surface area contributed by atoms with Gasteiger partial charge in [-0.05, 0) is 12.0 Å². The van der Waals surface area contributed by atoms with Crippen molar-refractivity contribution in [2.24, 2.45) is 5.73 Å². The van der Waals surface area contributed by atoms with Crippen molar-refractivity contribution in [1.29, 1.82) is 0 Å². The second kappa shape index (κ2) is 13.1. The van der Waals surface area contributed by atoms with E-state index in [-0.39, 0.29) is 45.2 Å². The van der Waals surface area contributed by atoms with Gasteiger partial charge in [0.2, 0.25) is 0 Å². The van der Waals surface area contributed by atoms with Crippen LogP contribution in [0.1, 0.15) is 18.4 Å². The highest BCUT2D eigenvalue weighted by Crippen LogP contribution is 2.34. The van der Waals surface area contributed by atoms with Gasteiger partial charge in [0.05, 0.1) is 32.5 Å². The van der Waals surface area contributed by atoms with Crippen molar-refractivity contribution < 1.29 is 57.8 Å². The van der Waals surface area contributed by atoms with E-state index in [1.54, 1.807) is 0 Å². The summed E-state index contributed by atoms with van der Waals surface area (Å²) in [5, 5.41) is 20.1. The third kappa shape index (κ3) is 6.82. The average Bonchev–Trinajstić information content (AvgIpc) is 3.64. The average molecular weight is 541 g/mol. The summed E-state index contributed by atoms with van der Waals surface area (Å²) in [5.74, 6) is 0. The molecule has 0 unspecified atom stereocenters. The summed E-state index contributed by atoms with van der Waals surface area (Å²) in [6.07, 6.45) is -3.80. The Bertz CT molecular complexity index is 950.